The summed E-state index contributed by atoms with van der Waals surface area (Å²) in [7, 11) is 0. The van der Waals surface area contributed by atoms with Crippen LogP contribution < -0.4 is 15.4 Å². The van der Waals surface area contributed by atoms with Gasteiger partial charge in [-0.05, 0) is 51.0 Å². The summed E-state index contributed by atoms with van der Waals surface area (Å²) in [5, 5.41) is 6.03. The van der Waals surface area contributed by atoms with Crippen LogP contribution in [0.4, 0.5) is 11.5 Å². The van der Waals surface area contributed by atoms with Crippen molar-refractivity contribution in [1.82, 2.24) is 15.3 Å². The molecule has 1 heterocycles. The predicted molar refractivity (Wildman–Crippen MR) is 88.0 cm³/mol. The summed E-state index contributed by atoms with van der Waals surface area (Å²) in [5.41, 5.74) is 1.22. The smallest absolute Gasteiger partial charge is 0.271 e. The van der Waals surface area contributed by atoms with Crippen LogP contribution in [0.3, 0.4) is 0 Å². The van der Waals surface area contributed by atoms with Crippen LogP contribution in [-0.4, -0.2) is 28.0 Å². The van der Waals surface area contributed by atoms with Crippen LogP contribution >= 0.6 is 0 Å². The lowest BCUT2D eigenvalue weighted by molar-refractivity contribution is 0.0945. The SMILES string of the molecule is CC(C)Oc1ccc(Nc2cnc(C(=O)NC3CC3)cn2)cc1. The van der Waals surface area contributed by atoms with E-state index in [1.165, 1.54) is 6.20 Å². The molecule has 1 aliphatic rings. The van der Waals surface area contributed by atoms with Crippen molar-refractivity contribution in [3.05, 3.63) is 42.4 Å². The summed E-state index contributed by atoms with van der Waals surface area (Å²) in [6, 6.07) is 7.93. The molecular weight excluding hydrogens is 292 g/mol. The number of ether oxygens (including phenoxy) is 1. The van der Waals surface area contributed by atoms with Gasteiger partial charge in [-0.3, -0.25) is 4.79 Å². The van der Waals surface area contributed by atoms with Gasteiger partial charge < -0.3 is 15.4 Å². The van der Waals surface area contributed by atoms with Crippen LogP contribution in [0.2, 0.25) is 0 Å². The quantitative estimate of drug-likeness (QED) is 0.857. The molecule has 1 aromatic carbocycles. The molecule has 6 nitrogen and oxygen atoms in total. The second-order valence-electron chi connectivity index (χ2n) is 5.85. The summed E-state index contributed by atoms with van der Waals surface area (Å²) in [5.74, 6) is 1.25. The number of aromatic nitrogens is 2. The molecule has 1 aromatic heterocycles. The zero-order valence-electron chi connectivity index (χ0n) is 13.2. The van der Waals surface area contributed by atoms with E-state index in [1.807, 2.05) is 38.1 Å². The molecule has 0 radical (unpaired) electrons. The lowest BCUT2D eigenvalue weighted by Crippen LogP contribution is -2.26. The molecule has 1 amide bonds. The Morgan fingerprint density at radius 1 is 1.17 bits per heavy atom. The third kappa shape index (κ3) is 4.42. The van der Waals surface area contributed by atoms with Gasteiger partial charge in [-0.25, -0.2) is 9.97 Å². The summed E-state index contributed by atoms with van der Waals surface area (Å²) in [6.07, 6.45) is 5.29. The van der Waals surface area contributed by atoms with Gasteiger partial charge >= 0.3 is 0 Å². The van der Waals surface area contributed by atoms with Gasteiger partial charge in [-0.1, -0.05) is 0 Å². The van der Waals surface area contributed by atoms with Crippen molar-refractivity contribution >= 4 is 17.4 Å². The average molecular weight is 312 g/mol. The van der Waals surface area contributed by atoms with Crippen molar-refractivity contribution in [3.8, 4) is 5.75 Å². The molecule has 23 heavy (non-hydrogen) atoms. The Morgan fingerprint density at radius 2 is 1.91 bits per heavy atom. The Hall–Kier alpha value is -2.63. The topological polar surface area (TPSA) is 76.1 Å². The van der Waals surface area contributed by atoms with Crippen molar-refractivity contribution in [3.63, 3.8) is 0 Å². The molecule has 2 aromatic rings. The van der Waals surface area contributed by atoms with Crippen LogP contribution in [0, 0.1) is 0 Å². The van der Waals surface area contributed by atoms with Gasteiger partial charge in [-0.15, -0.1) is 0 Å². The van der Waals surface area contributed by atoms with Gasteiger partial charge in [0.05, 0.1) is 18.5 Å². The fraction of sp³-hybridized carbons (Fsp3) is 0.353. The zero-order valence-corrected chi connectivity index (χ0v) is 13.2. The standard InChI is InChI=1S/C17H20N4O2/c1-11(2)23-14-7-5-12(6-8-14)20-16-10-18-15(9-19-16)17(22)21-13-3-4-13/h5-11,13H,3-4H2,1-2H3,(H,19,20)(H,21,22). The number of amides is 1. The Kier molecular flexibility index (Phi) is 4.41. The largest absolute Gasteiger partial charge is 0.491 e. The first kappa shape index (κ1) is 15.3. The normalized spacial score (nSPS) is 13.7. The minimum atomic E-state index is -0.165. The first-order valence-electron chi connectivity index (χ1n) is 7.77. The Labute approximate surface area is 135 Å². The molecular formula is C17H20N4O2. The Balaban J connectivity index is 1.60. The second-order valence-corrected chi connectivity index (χ2v) is 5.85. The average Bonchev–Trinajstić information content (AvgIpc) is 3.33. The highest BCUT2D eigenvalue weighted by Crippen LogP contribution is 2.20. The second kappa shape index (κ2) is 6.64. The number of nitrogens with zero attached hydrogens (tertiary/aromatic N) is 2. The number of hydrogen-bond donors (Lipinski definition) is 2. The molecule has 0 bridgehead atoms. The summed E-state index contributed by atoms with van der Waals surface area (Å²) in [6.45, 7) is 3.98. The minimum Gasteiger partial charge on any atom is -0.491 e. The molecule has 6 heteroatoms. The number of nitrogens with one attached hydrogen (secondary N) is 2. The van der Waals surface area contributed by atoms with E-state index in [-0.39, 0.29) is 12.0 Å². The van der Waals surface area contributed by atoms with Crippen molar-refractivity contribution in [2.24, 2.45) is 0 Å². The van der Waals surface area contributed by atoms with Crippen LogP contribution in [0.25, 0.3) is 0 Å². The van der Waals surface area contributed by atoms with Gasteiger partial charge in [0, 0.05) is 11.7 Å². The van der Waals surface area contributed by atoms with Gasteiger partial charge in [0.25, 0.3) is 5.91 Å². The van der Waals surface area contributed by atoms with E-state index in [2.05, 4.69) is 20.6 Å². The molecule has 2 N–H and O–H groups in total. The highest BCUT2D eigenvalue weighted by Gasteiger charge is 2.24. The highest BCUT2D eigenvalue weighted by molar-refractivity contribution is 5.92. The number of rotatable bonds is 6. The maximum atomic E-state index is 11.8. The molecule has 120 valence electrons. The third-order valence-corrected chi connectivity index (χ3v) is 3.30. The fourth-order valence-electron chi connectivity index (χ4n) is 2.03. The molecule has 0 spiro atoms. The Morgan fingerprint density at radius 3 is 2.48 bits per heavy atom. The molecule has 0 aliphatic heterocycles. The van der Waals surface area contributed by atoms with Crippen molar-refractivity contribution < 1.29 is 9.53 Å². The predicted octanol–water partition coefficient (Wildman–Crippen LogP) is 2.90. The summed E-state index contributed by atoms with van der Waals surface area (Å²) < 4.78 is 5.60. The van der Waals surface area contributed by atoms with Gasteiger partial charge in [-0.2, -0.15) is 0 Å². The third-order valence-electron chi connectivity index (χ3n) is 3.30. The molecule has 1 saturated carbocycles. The lowest BCUT2D eigenvalue weighted by atomic mass is 10.3. The first-order chi connectivity index (χ1) is 11.1. The maximum absolute atomic E-state index is 11.8. The van der Waals surface area contributed by atoms with Gasteiger partial charge in [0.15, 0.2) is 0 Å². The number of benzene rings is 1. The van der Waals surface area contributed by atoms with E-state index in [4.69, 9.17) is 4.74 Å². The maximum Gasteiger partial charge on any atom is 0.271 e. The number of carbonyl (C=O) groups excluding carboxylic acids is 1. The van der Waals surface area contributed by atoms with E-state index >= 15 is 0 Å². The monoisotopic (exact) mass is 312 g/mol. The van der Waals surface area contributed by atoms with Crippen molar-refractivity contribution in [1.29, 1.82) is 0 Å². The van der Waals surface area contributed by atoms with Crippen LogP contribution in [0.1, 0.15) is 37.2 Å². The van der Waals surface area contributed by atoms with Gasteiger partial charge in [0.1, 0.15) is 17.3 Å². The Bertz CT molecular complexity index is 664. The summed E-state index contributed by atoms with van der Waals surface area (Å²) >= 11 is 0. The minimum absolute atomic E-state index is 0.147. The zero-order chi connectivity index (χ0) is 16.2. The van der Waals surface area contributed by atoms with Gasteiger partial charge in [0.2, 0.25) is 0 Å². The molecule has 1 fully saturated rings. The van der Waals surface area contributed by atoms with E-state index in [1.54, 1.807) is 6.20 Å². The summed E-state index contributed by atoms with van der Waals surface area (Å²) in [4.78, 5) is 20.2. The van der Waals surface area contributed by atoms with Crippen LogP contribution in [-0.2, 0) is 0 Å². The van der Waals surface area contributed by atoms with Crippen LogP contribution in [0.15, 0.2) is 36.7 Å². The van der Waals surface area contributed by atoms with Crippen LogP contribution in [0.5, 0.6) is 5.75 Å². The first-order valence-corrected chi connectivity index (χ1v) is 7.77. The number of hydrogen-bond acceptors (Lipinski definition) is 5. The van der Waals surface area contributed by atoms with E-state index < -0.39 is 0 Å². The van der Waals surface area contributed by atoms with Crippen molar-refractivity contribution in [2.45, 2.75) is 38.8 Å². The van der Waals surface area contributed by atoms with E-state index in [0.29, 0.717) is 17.6 Å². The lowest BCUT2D eigenvalue weighted by Gasteiger charge is -2.11. The molecule has 3 rings (SSSR count). The van der Waals surface area contributed by atoms with Crippen molar-refractivity contribution in [2.75, 3.05) is 5.32 Å². The highest BCUT2D eigenvalue weighted by atomic mass is 16.5. The van der Waals surface area contributed by atoms with E-state index in [0.717, 1.165) is 24.3 Å². The number of anilines is 2. The fourth-order valence-corrected chi connectivity index (χ4v) is 2.03. The molecule has 0 atom stereocenters. The van der Waals surface area contributed by atoms with E-state index in [9.17, 15) is 4.79 Å². The molecule has 0 unspecified atom stereocenters. The number of carbonyl (C=O) groups is 1. The molecule has 1 aliphatic carbocycles. The molecule has 0 saturated heterocycles.